The Labute approximate surface area is 199 Å². The van der Waals surface area contributed by atoms with Crippen molar-refractivity contribution in [3.8, 4) is 5.75 Å². The summed E-state index contributed by atoms with van der Waals surface area (Å²) in [5, 5.41) is 17.0. The molecule has 0 amide bonds. The Bertz CT molecular complexity index is 854. The van der Waals surface area contributed by atoms with Crippen LogP contribution in [0.25, 0.3) is 0 Å². The molecule has 162 valence electrons. The molecule has 0 bridgehead atoms. The van der Waals surface area contributed by atoms with E-state index in [1.165, 1.54) is 4.88 Å². The van der Waals surface area contributed by atoms with E-state index < -0.39 is 0 Å². The Morgan fingerprint density at radius 1 is 1.13 bits per heavy atom. The second-order valence-corrected chi connectivity index (χ2v) is 7.40. The van der Waals surface area contributed by atoms with Gasteiger partial charge in [0.25, 0.3) is 0 Å². The molecule has 0 spiro atoms. The van der Waals surface area contributed by atoms with Crippen LogP contribution in [-0.4, -0.2) is 47.0 Å². The summed E-state index contributed by atoms with van der Waals surface area (Å²) in [5.41, 5.74) is 0. The van der Waals surface area contributed by atoms with Gasteiger partial charge < -0.3 is 19.9 Å². The lowest BCUT2D eigenvalue weighted by atomic mass is 10.3. The molecule has 0 saturated heterocycles. The molecule has 0 aliphatic heterocycles. The summed E-state index contributed by atoms with van der Waals surface area (Å²) in [6.07, 6.45) is 3.59. The summed E-state index contributed by atoms with van der Waals surface area (Å²) in [6.45, 7) is 5.60. The van der Waals surface area contributed by atoms with Crippen LogP contribution in [0.5, 0.6) is 5.75 Å². The summed E-state index contributed by atoms with van der Waals surface area (Å²) in [6, 6.07) is 14.1. The number of halogens is 1. The smallest absolute Gasteiger partial charge is 0.191 e. The highest BCUT2D eigenvalue weighted by Gasteiger charge is 2.03. The first-order chi connectivity index (χ1) is 14.3. The molecule has 0 aliphatic rings. The van der Waals surface area contributed by atoms with E-state index in [0.29, 0.717) is 13.2 Å². The minimum Gasteiger partial charge on any atom is -0.492 e. The normalized spacial score (nSPS) is 11.0. The predicted octanol–water partition coefficient (Wildman–Crippen LogP) is 3.38. The first kappa shape index (κ1) is 24.1. The summed E-state index contributed by atoms with van der Waals surface area (Å²) in [4.78, 5) is 6.05. The minimum atomic E-state index is 0. The molecule has 0 unspecified atom stereocenters. The van der Waals surface area contributed by atoms with Crippen molar-refractivity contribution < 1.29 is 4.74 Å². The van der Waals surface area contributed by atoms with E-state index in [4.69, 9.17) is 9.73 Å². The Morgan fingerprint density at radius 2 is 1.97 bits per heavy atom. The highest BCUT2D eigenvalue weighted by atomic mass is 127. The van der Waals surface area contributed by atoms with Gasteiger partial charge in [-0.15, -0.1) is 45.5 Å². The average molecular weight is 540 g/mol. The first-order valence-electron chi connectivity index (χ1n) is 9.94. The summed E-state index contributed by atoms with van der Waals surface area (Å²) < 4.78 is 7.81. The zero-order valence-corrected chi connectivity index (χ0v) is 20.3. The van der Waals surface area contributed by atoms with Crippen LogP contribution in [0.2, 0.25) is 0 Å². The van der Waals surface area contributed by atoms with E-state index in [-0.39, 0.29) is 24.0 Å². The summed E-state index contributed by atoms with van der Waals surface area (Å²) in [7, 11) is 0. The molecule has 7 nitrogen and oxygen atoms in total. The van der Waals surface area contributed by atoms with E-state index in [1.54, 1.807) is 17.7 Å². The van der Waals surface area contributed by atoms with Crippen LogP contribution in [0.3, 0.4) is 0 Å². The number of rotatable bonds is 11. The number of guanidine groups is 1. The lowest BCUT2D eigenvalue weighted by Gasteiger charge is -2.14. The number of nitrogens with one attached hydrogen (secondary N) is 2. The standard InChI is InChI=1S/C21H28N6OS.HI/c1-2-20-26-25-17-27(20)14-12-23-21(22-11-10-19-9-6-16-29-19)24-13-15-28-18-7-4-3-5-8-18;/h3-9,16-17H,2,10-15H2,1H3,(H2,22,23,24);1H. The second-order valence-electron chi connectivity index (χ2n) is 6.37. The highest BCUT2D eigenvalue weighted by Crippen LogP contribution is 2.09. The number of hydrogen-bond acceptors (Lipinski definition) is 5. The van der Waals surface area contributed by atoms with E-state index in [9.17, 15) is 0 Å². The lowest BCUT2D eigenvalue weighted by molar-refractivity contribution is 0.322. The minimum absolute atomic E-state index is 0. The van der Waals surface area contributed by atoms with Crippen LogP contribution in [-0.2, 0) is 19.4 Å². The van der Waals surface area contributed by atoms with Gasteiger partial charge in [0.15, 0.2) is 5.96 Å². The van der Waals surface area contributed by atoms with Crippen molar-refractivity contribution >= 4 is 41.3 Å². The number of para-hydroxylation sites is 1. The molecule has 3 aromatic rings. The van der Waals surface area contributed by atoms with Crippen LogP contribution >= 0.6 is 35.3 Å². The number of ether oxygens (including phenoxy) is 1. The topological polar surface area (TPSA) is 76.4 Å². The quantitative estimate of drug-likeness (QED) is 0.169. The van der Waals surface area contributed by atoms with Gasteiger partial charge in [-0.25, -0.2) is 0 Å². The van der Waals surface area contributed by atoms with Gasteiger partial charge in [-0.1, -0.05) is 31.2 Å². The molecule has 0 atom stereocenters. The van der Waals surface area contributed by atoms with Crippen molar-refractivity contribution in [3.63, 3.8) is 0 Å². The van der Waals surface area contributed by atoms with Gasteiger partial charge in [0.1, 0.15) is 24.5 Å². The molecule has 30 heavy (non-hydrogen) atoms. The molecule has 0 radical (unpaired) electrons. The molecule has 0 aliphatic carbocycles. The fourth-order valence-electron chi connectivity index (χ4n) is 2.80. The third-order valence-corrected chi connectivity index (χ3v) is 5.21. The van der Waals surface area contributed by atoms with Gasteiger partial charge in [0.2, 0.25) is 0 Å². The van der Waals surface area contributed by atoms with E-state index in [1.807, 2.05) is 30.3 Å². The summed E-state index contributed by atoms with van der Waals surface area (Å²) in [5.74, 6) is 2.66. The van der Waals surface area contributed by atoms with Gasteiger partial charge in [-0.2, -0.15) is 0 Å². The fourth-order valence-corrected chi connectivity index (χ4v) is 3.49. The zero-order valence-electron chi connectivity index (χ0n) is 17.2. The molecule has 3 rings (SSSR count). The second kappa shape index (κ2) is 14.0. The van der Waals surface area contributed by atoms with Gasteiger partial charge >= 0.3 is 0 Å². The lowest BCUT2D eigenvalue weighted by Crippen LogP contribution is -2.41. The fraction of sp³-hybridized carbons (Fsp3) is 0.381. The highest BCUT2D eigenvalue weighted by molar-refractivity contribution is 14.0. The first-order valence-corrected chi connectivity index (χ1v) is 10.8. The molecule has 1 aromatic carbocycles. The number of aliphatic imine (C=N–C) groups is 1. The van der Waals surface area contributed by atoms with Gasteiger partial charge in [-0.3, -0.25) is 4.99 Å². The Balaban J connectivity index is 0.00000320. The van der Waals surface area contributed by atoms with Crippen LogP contribution in [0, 0.1) is 0 Å². The maximum absolute atomic E-state index is 5.75. The Morgan fingerprint density at radius 3 is 2.73 bits per heavy atom. The van der Waals surface area contributed by atoms with Crippen molar-refractivity contribution in [3.05, 3.63) is 64.9 Å². The van der Waals surface area contributed by atoms with Crippen molar-refractivity contribution in [1.29, 1.82) is 0 Å². The maximum Gasteiger partial charge on any atom is 0.191 e. The third kappa shape index (κ3) is 8.31. The number of hydrogen-bond donors (Lipinski definition) is 2. The Hall–Kier alpha value is -2.14. The van der Waals surface area contributed by atoms with Crippen molar-refractivity contribution in [2.75, 3.05) is 26.2 Å². The van der Waals surface area contributed by atoms with Gasteiger partial charge in [0.05, 0.1) is 6.54 Å². The van der Waals surface area contributed by atoms with E-state index in [0.717, 1.165) is 50.0 Å². The number of aromatic nitrogens is 3. The van der Waals surface area contributed by atoms with Crippen LogP contribution in [0.15, 0.2) is 59.2 Å². The number of benzene rings is 1. The molecule has 0 saturated carbocycles. The van der Waals surface area contributed by atoms with Crippen LogP contribution in [0.1, 0.15) is 17.6 Å². The summed E-state index contributed by atoms with van der Waals surface area (Å²) >= 11 is 1.77. The van der Waals surface area contributed by atoms with E-state index in [2.05, 4.69) is 49.8 Å². The molecule has 2 heterocycles. The predicted molar refractivity (Wildman–Crippen MR) is 133 cm³/mol. The largest absolute Gasteiger partial charge is 0.492 e. The van der Waals surface area contributed by atoms with Crippen molar-refractivity contribution in [2.24, 2.45) is 4.99 Å². The molecule has 0 fully saturated rings. The monoisotopic (exact) mass is 540 g/mol. The van der Waals surface area contributed by atoms with Gasteiger partial charge in [0, 0.05) is 37.4 Å². The molecular weight excluding hydrogens is 511 g/mol. The van der Waals surface area contributed by atoms with Crippen LogP contribution in [0.4, 0.5) is 0 Å². The molecule has 9 heteroatoms. The third-order valence-electron chi connectivity index (χ3n) is 4.27. The SMILES string of the molecule is CCc1nncn1CCNC(=NCCc1cccs1)NCCOc1ccccc1.I. The van der Waals surface area contributed by atoms with E-state index >= 15 is 0 Å². The zero-order chi connectivity index (χ0) is 20.2. The average Bonchev–Trinajstić information content (AvgIpc) is 3.43. The van der Waals surface area contributed by atoms with Crippen molar-refractivity contribution in [2.45, 2.75) is 26.3 Å². The molecular formula is C21H29IN6OS. The van der Waals surface area contributed by atoms with Crippen LogP contribution < -0.4 is 15.4 Å². The maximum atomic E-state index is 5.75. The number of aryl methyl sites for hydroxylation is 1. The molecule has 2 aromatic heterocycles. The Kier molecular flexibility index (Phi) is 11.2. The van der Waals surface area contributed by atoms with Gasteiger partial charge in [-0.05, 0) is 23.6 Å². The number of thiophene rings is 1. The van der Waals surface area contributed by atoms with Crippen molar-refractivity contribution in [1.82, 2.24) is 25.4 Å². The number of nitrogens with zero attached hydrogens (tertiary/aromatic N) is 4. The molecule has 2 N–H and O–H groups in total.